The van der Waals surface area contributed by atoms with Crippen molar-refractivity contribution in [2.75, 3.05) is 7.11 Å². The summed E-state index contributed by atoms with van der Waals surface area (Å²) in [5.41, 5.74) is 0.208. The molecule has 3 rings (SSSR count). The lowest BCUT2D eigenvalue weighted by atomic mass is 10.1. The van der Waals surface area contributed by atoms with Gasteiger partial charge in [-0.15, -0.1) is 0 Å². The van der Waals surface area contributed by atoms with Gasteiger partial charge >= 0.3 is 11.7 Å². The van der Waals surface area contributed by atoms with E-state index in [1.165, 1.54) is 55.6 Å². The van der Waals surface area contributed by atoms with Gasteiger partial charge in [0.2, 0.25) is 5.75 Å². The van der Waals surface area contributed by atoms with Crippen molar-refractivity contribution in [3.8, 4) is 11.5 Å². The number of hydrogen-bond donors (Lipinski definition) is 0. The zero-order chi connectivity index (χ0) is 21.7. The SMILES string of the molecule is COc1ccc(OC(=O)c2ccc(CS(=O)(=O)c3ccccc3)cc2)c([N+](=O)[O-])c1. The summed E-state index contributed by atoms with van der Waals surface area (Å²) in [4.78, 5) is 23.1. The first kappa shape index (κ1) is 21.0. The Morgan fingerprint density at radius 1 is 1.00 bits per heavy atom. The van der Waals surface area contributed by atoms with Crippen molar-refractivity contribution in [2.45, 2.75) is 10.6 Å². The van der Waals surface area contributed by atoms with Gasteiger partial charge in [0, 0.05) is 0 Å². The number of nitrogens with zero attached hydrogens (tertiary/aromatic N) is 1. The number of sulfone groups is 1. The van der Waals surface area contributed by atoms with Gasteiger partial charge in [0.1, 0.15) is 5.75 Å². The van der Waals surface area contributed by atoms with Crippen molar-refractivity contribution in [1.29, 1.82) is 0 Å². The molecule has 0 amide bonds. The van der Waals surface area contributed by atoms with Gasteiger partial charge in [-0.3, -0.25) is 10.1 Å². The van der Waals surface area contributed by atoms with E-state index in [1.807, 2.05) is 0 Å². The van der Waals surface area contributed by atoms with Gasteiger partial charge in [-0.1, -0.05) is 30.3 Å². The molecule has 0 unspecified atom stereocenters. The molecular weight excluding hydrogens is 410 g/mol. The van der Waals surface area contributed by atoms with Crippen LogP contribution in [0.15, 0.2) is 77.7 Å². The summed E-state index contributed by atoms with van der Waals surface area (Å²) in [6.07, 6.45) is 0. The van der Waals surface area contributed by atoms with Crippen molar-refractivity contribution < 1.29 is 27.6 Å². The zero-order valence-corrected chi connectivity index (χ0v) is 16.7. The fraction of sp³-hybridized carbons (Fsp3) is 0.0952. The van der Waals surface area contributed by atoms with Crippen molar-refractivity contribution in [1.82, 2.24) is 0 Å². The van der Waals surface area contributed by atoms with E-state index >= 15 is 0 Å². The zero-order valence-electron chi connectivity index (χ0n) is 15.8. The maximum atomic E-state index is 12.4. The first-order valence-electron chi connectivity index (χ1n) is 8.71. The first-order chi connectivity index (χ1) is 14.3. The Bertz CT molecular complexity index is 1170. The van der Waals surface area contributed by atoms with Crippen LogP contribution in [0.2, 0.25) is 0 Å². The summed E-state index contributed by atoms with van der Waals surface area (Å²) in [6.45, 7) is 0. The number of hydrogen-bond acceptors (Lipinski definition) is 7. The molecule has 0 heterocycles. The number of esters is 1. The van der Waals surface area contributed by atoms with Gasteiger partial charge in [-0.2, -0.15) is 0 Å². The molecule has 3 aromatic carbocycles. The number of rotatable bonds is 7. The second kappa shape index (κ2) is 8.75. The standard InChI is InChI=1S/C21H17NO7S/c1-28-17-11-12-20(19(13-17)22(24)25)29-21(23)16-9-7-15(8-10-16)14-30(26,27)18-5-3-2-4-6-18/h2-13H,14H2,1H3. The average molecular weight is 427 g/mol. The van der Waals surface area contributed by atoms with Crippen LogP contribution in [0.25, 0.3) is 0 Å². The normalized spacial score (nSPS) is 11.0. The molecule has 0 radical (unpaired) electrons. The number of ether oxygens (including phenoxy) is 2. The van der Waals surface area contributed by atoms with Crippen LogP contribution in [-0.4, -0.2) is 26.4 Å². The molecule has 0 saturated carbocycles. The first-order valence-corrected chi connectivity index (χ1v) is 10.4. The summed E-state index contributed by atoms with van der Waals surface area (Å²) in [7, 11) is -2.15. The fourth-order valence-corrected chi connectivity index (χ4v) is 4.05. The van der Waals surface area contributed by atoms with Crippen LogP contribution in [0.1, 0.15) is 15.9 Å². The second-order valence-corrected chi connectivity index (χ2v) is 8.24. The van der Waals surface area contributed by atoms with Gasteiger partial charge in [-0.05, 0) is 42.0 Å². The van der Waals surface area contributed by atoms with E-state index in [0.29, 0.717) is 5.56 Å². The van der Waals surface area contributed by atoms with Gasteiger partial charge < -0.3 is 9.47 Å². The van der Waals surface area contributed by atoms with Crippen LogP contribution in [-0.2, 0) is 15.6 Å². The number of benzene rings is 3. The van der Waals surface area contributed by atoms with Crippen molar-refractivity contribution in [2.24, 2.45) is 0 Å². The van der Waals surface area contributed by atoms with E-state index in [1.54, 1.807) is 18.2 Å². The Kier molecular flexibility index (Phi) is 6.12. The van der Waals surface area contributed by atoms with E-state index in [-0.39, 0.29) is 27.7 Å². The lowest BCUT2D eigenvalue weighted by Crippen LogP contribution is -2.10. The topological polar surface area (TPSA) is 113 Å². The number of nitro groups is 1. The Hall–Kier alpha value is -3.72. The maximum absolute atomic E-state index is 12.4. The summed E-state index contributed by atoms with van der Waals surface area (Å²) in [6, 6.07) is 17.7. The molecule has 0 aliphatic carbocycles. The second-order valence-electron chi connectivity index (χ2n) is 6.25. The average Bonchev–Trinajstić information content (AvgIpc) is 2.74. The van der Waals surface area contributed by atoms with Crippen molar-refractivity contribution >= 4 is 21.5 Å². The minimum absolute atomic E-state index is 0.126. The molecule has 0 aromatic heterocycles. The number of carbonyl (C=O) groups is 1. The predicted molar refractivity (Wildman–Crippen MR) is 108 cm³/mol. The third kappa shape index (κ3) is 4.81. The lowest BCUT2D eigenvalue weighted by molar-refractivity contribution is -0.385. The number of methoxy groups -OCH3 is 1. The molecule has 0 N–H and O–H groups in total. The third-order valence-corrected chi connectivity index (χ3v) is 5.92. The number of carbonyl (C=O) groups excluding carboxylic acids is 1. The Labute approximate surface area is 172 Å². The molecule has 30 heavy (non-hydrogen) atoms. The molecule has 0 aliphatic rings. The highest BCUT2D eigenvalue weighted by Crippen LogP contribution is 2.31. The van der Waals surface area contributed by atoms with E-state index in [0.717, 1.165) is 6.07 Å². The largest absolute Gasteiger partial charge is 0.496 e. The van der Waals surface area contributed by atoms with Gasteiger partial charge in [0.25, 0.3) is 0 Å². The molecule has 8 nitrogen and oxygen atoms in total. The fourth-order valence-electron chi connectivity index (χ4n) is 2.68. The Morgan fingerprint density at radius 2 is 1.67 bits per heavy atom. The molecule has 0 spiro atoms. The molecule has 0 saturated heterocycles. The minimum Gasteiger partial charge on any atom is -0.496 e. The quantitative estimate of drug-likeness (QED) is 0.244. The summed E-state index contributed by atoms with van der Waals surface area (Å²) in [5, 5.41) is 11.2. The van der Waals surface area contributed by atoms with Crippen LogP contribution in [0.3, 0.4) is 0 Å². The molecular formula is C21H17NO7S. The summed E-state index contributed by atoms with van der Waals surface area (Å²) in [5.74, 6) is -0.997. The molecule has 154 valence electrons. The van der Waals surface area contributed by atoms with Crippen LogP contribution >= 0.6 is 0 Å². The predicted octanol–water partition coefficient (Wildman–Crippen LogP) is 3.80. The monoisotopic (exact) mass is 427 g/mol. The smallest absolute Gasteiger partial charge is 0.343 e. The summed E-state index contributed by atoms with van der Waals surface area (Å²) < 4.78 is 35.0. The van der Waals surface area contributed by atoms with Gasteiger partial charge in [0.15, 0.2) is 9.84 Å². The highest BCUT2D eigenvalue weighted by molar-refractivity contribution is 7.90. The lowest BCUT2D eigenvalue weighted by Gasteiger charge is -2.08. The van der Waals surface area contributed by atoms with Crippen molar-refractivity contribution in [3.63, 3.8) is 0 Å². The van der Waals surface area contributed by atoms with Crippen molar-refractivity contribution in [3.05, 3.63) is 94.0 Å². The van der Waals surface area contributed by atoms with Gasteiger partial charge in [-0.25, -0.2) is 13.2 Å². The Morgan fingerprint density at radius 3 is 2.27 bits per heavy atom. The molecule has 0 aliphatic heterocycles. The molecule has 9 heteroatoms. The maximum Gasteiger partial charge on any atom is 0.343 e. The number of nitro benzene ring substituents is 1. The third-order valence-electron chi connectivity index (χ3n) is 4.21. The Balaban J connectivity index is 1.75. The molecule has 0 bridgehead atoms. The summed E-state index contributed by atoms with van der Waals surface area (Å²) >= 11 is 0. The van der Waals surface area contributed by atoms with Crippen LogP contribution < -0.4 is 9.47 Å². The highest BCUT2D eigenvalue weighted by Gasteiger charge is 2.21. The molecule has 0 fully saturated rings. The van der Waals surface area contributed by atoms with E-state index in [4.69, 9.17) is 9.47 Å². The molecule has 0 atom stereocenters. The van der Waals surface area contributed by atoms with Gasteiger partial charge in [0.05, 0.1) is 34.3 Å². The van der Waals surface area contributed by atoms with Crippen LogP contribution in [0.5, 0.6) is 11.5 Å². The highest BCUT2D eigenvalue weighted by atomic mass is 32.2. The molecule has 3 aromatic rings. The minimum atomic E-state index is -3.52. The van der Waals surface area contributed by atoms with Crippen LogP contribution in [0.4, 0.5) is 5.69 Å². The van der Waals surface area contributed by atoms with E-state index in [9.17, 15) is 23.3 Å². The van der Waals surface area contributed by atoms with E-state index in [2.05, 4.69) is 0 Å². The van der Waals surface area contributed by atoms with Crippen LogP contribution in [0, 0.1) is 10.1 Å². The van der Waals surface area contributed by atoms with E-state index < -0.39 is 26.4 Å².